The highest BCUT2D eigenvalue weighted by atomic mass is 16.6. The number of rotatable bonds is 20. The number of benzene rings is 2. The van der Waals surface area contributed by atoms with E-state index < -0.39 is 17.5 Å². The predicted octanol–water partition coefficient (Wildman–Crippen LogP) is 7.49. The van der Waals surface area contributed by atoms with Crippen LogP contribution >= 0.6 is 0 Å². The molecule has 0 atom stereocenters. The Kier molecular flexibility index (Phi) is 15.5. The smallest absolute Gasteiger partial charge is 0.349 e. The highest BCUT2D eigenvalue weighted by molar-refractivity contribution is 5.97. The van der Waals surface area contributed by atoms with Gasteiger partial charge in [0, 0.05) is 37.1 Å². The fraction of sp³-hybridized carbons (Fsp3) is 0.459. The second-order valence-electron chi connectivity index (χ2n) is 11.6. The maximum Gasteiger partial charge on any atom is 0.349 e. The lowest BCUT2D eigenvalue weighted by Gasteiger charge is -2.27. The highest BCUT2D eigenvalue weighted by Crippen LogP contribution is 2.30. The van der Waals surface area contributed by atoms with Gasteiger partial charge in [-0.3, -0.25) is 14.6 Å². The topological polar surface area (TPSA) is 129 Å². The molecular formula is C37H48N4O7. The van der Waals surface area contributed by atoms with Crippen LogP contribution in [-0.2, 0) is 16.1 Å². The zero-order chi connectivity index (χ0) is 34.8. The summed E-state index contributed by atoms with van der Waals surface area (Å²) < 4.78 is 23.2. The van der Waals surface area contributed by atoms with E-state index in [1.807, 2.05) is 38.1 Å². The van der Waals surface area contributed by atoms with Crippen molar-refractivity contribution in [3.05, 3.63) is 83.7 Å². The first-order chi connectivity index (χ1) is 23.2. The summed E-state index contributed by atoms with van der Waals surface area (Å²) in [6, 6.07) is 15.9. The maximum atomic E-state index is 13.5. The zero-order valence-electron chi connectivity index (χ0n) is 28.8. The Bertz CT molecular complexity index is 1470. The molecule has 11 nitrogen and oxygen atoms in total. The largest absolute Gasteiger partial charge is 0.494 e. The Balaban J connectivity index is 1.47. The maximum absolute atomic E-state index is 13.5. The van der Waals surface area contributed by atoms with Gasteiger partial charge in [0.2, 0.25) is 0 Å². The number of pyridine rings is 1. The third-order valence-electron chi connectivity index (χ3n) is 7.18. The van der Waals surface area contributed by atoms with Crippen LogP contribution < -0.4 is 14.2 Å². The van der Waals surface area contributed by atoms with E-state index in [0.29, 0.717) is 49.7 Å². The van der Waals surface area contributed by atoms with Gasteiger partial charge in [-0.1, -0.05) is 26.0 Å². The SMILES string of the molecule is CCCN(CCC)C(=O)c1ccc(OCCCCCOc2ccc(CN=NC(=O)c3ccncc3)cc2)cc1OC(C)(C)C(=O)OCC. The van der Waals surface area contributed by atoms with Crippen LogP contribution in [0.3, 0.4) is 0 Å². The van der Waals surface area contributed by atoms with Gasteiger partial charge in [0.05, 0.1) is 31.9 Å². The number of azo groups is 1. The van der Waals surface area contributed by atoms with E-state index in [2.05, 4.69) is 15.2 Å². The Morgan fingerprint density at radius 1 is 0.812 bits per heavy atom. The van der Waals surface area contributed by atoms with Crippen LogP contribution in [0.4, 0.5) is 0 Å². The summed E-state index contributed by atoms with van der Waals surface area (Å²) >= 11 is 0. The summed E-state index contributed by atoms with van der Waals surface area (Å²) in [5.41, 5.74) is 0.451. The molecule has 1 aromatic heterocycles. The molecule has 0 aliphatic heterocycles. The number of hydrogen-bond acceptors (Lipinski definition) is 9. The first-order valence-electron chi connectivity index (χ1n) is 16.6. The van der Waals surface area contributed by atoms with E-state index in [1.165, 1.54) is 0 Å². The van der Waals surface area contributed by atoms with Crippen LogP contribution in [0.5, 0.6) is 17.2 Å². The van der Waals surface area contributed by atoms with Crippen LogP contribution in [0.25, 0.3) is 0 Å². The summed E-state index contributed by atoms with van der Waals surface area (Å²) in [4.78, 5) is 43.8. The number of unbranched alkanes of at least 4 members (excludes halogenated alkanes) is 2. The number of amides is 2. The first-order valence-corrected chi connectivity index (χ1v) is 16.6. The van der Waals surface area contributed by atoms with Crippen LogP contribution in [0, 0.1) is 0 Å². The molecule has 0 saturated carbocycles. The molecule has 0 aliphatic rings. The standard InChI is InChI=1S/C37H48N4O7/c1-6-22-41(23-7-2)35(43)32-17-16-31(26-33(32)48-37(4,5)36(44)45-8-3)47-25-11-9-10-24-46-30-14-12-28(13-15-30)27-39-40-34(42)29-18-20-38-21-19-29/h12-21,26H,6-11,22-25,27H2,1-5H3. The number of carbonyl (C=O) groups is 3. The van der Waals surface area contributed by atoms with Crippen molar-refractivity contribution in [1.29, 1.82) is 0 Å². The number of aromatic nitrogens is 1. The molecule has 2 aromatic carbocycles. The molecular weight excluding hydrogens is 612 g/mol. The summed E-state index contributed by atoms with van der Waals surface area (Å²) in [7, 11) is 0. The highest BCUT2D eigenvalue weighted by Gasteiger charge is 2.33. The van der Waals surface area contributed by atoms with Gasteiger partial charge in [-0.15, -0.1) is 5.11 Å². The Labute approximate surface area is 283 Å². The minimum absolute atomic E-state index is 0.145. The van der Waals surface area contributed by atoms with Crippen LogP contribution in [-0.4, -0.2) is 66.2 Å². The van der Waals surface area contributed by atoms with E-state index >= 15 is 0 Å². The number of carbonyl (C=O) groups excluding carboxylic acids is 3. The van der Waals surface area contributed by atoms with Gasteiger partial charge in [0.1, 0.15) is 17.2 Å². The molecule has 0 radical (unpaired) electrons. The molecule has 258 valence electrons. The number of hydrogen-bond donors (Lipinski definition) is 0. The molecule has 0 N–H and O–H groups in total. The molecule has 3 aromatic rings. The van der Waals surface area contributed by atoms with E-state index in [-0.39, 0.29) is 18.3 Å². The van der Waals surface area contributed by atoms with Gasteiger partial charge in [-0.2, -0.15) is 5.11 Å². The summed E-state index contributed by atoms with van der Waals surface area (Å²) in [5.74, 6) is 0.536. The molecule has 48 heavy (non-hydrogen) atoms. The lowest BCUT2D eigenvalue weighted by atomic mass is 10.1. The molecule has 0 unspecified atom stereocenters. The van der Waals surface area contributed by atoms with Gasteiger partial charge in [0.15, 0.2) is 5.60 Å². The molecule has 0 bridgehead atoms. The lowest BCUT2D eigenvalue weighted by Crippen LogP contribution is -2.40. The average Bonchev–Trinajstić information content (AvgIpc) is 3.08. The number of nitrogens with zero attached hydrogens (tertiary/aromatic N) is 4. The molecule has 0 fully saturated rings. The quantitative estimate of drug-likeness (QED) is 0.0693. The van der Waals surface area contributed by atoms with Crippen LogP contribution in [0.1, 0.15) is 93.0 Å². The lowest BCUT2D eigenvalue weighted by molar-refractivity contribution is -0.158. The molecule has 0 spiro atoms. The van der Waals surface area contributed by atoms with Gasteiger partial charge >= 0.3 is 5.97 Å². The van der Waals surface area contributed by atoms with Gasteiger partial charge < -0.3 is 23.8 Å². The van der Waals surface area contributed by atoms with Gasteiger partial charge in [0.25, 0.3) is 11.8 Å². The normalized spacial score (nSPS) is 11.3. The van der Waals surface area contributed by atoms with Crippen molar-refractivity contribution in [3.63, 3.8) is 0 Å². The first kappa shape index (κ1) is 37.7. The van der Waals surface area contributed by atoms with Crippen molar-refractivity contribution in [2.24, 2.45) is 10.2 Å². The molecule has 0 aliphatic carbocycles. The molecule has 0 saturated heterocycles. The molecule has 1 heterocycles. The van der Waals surface area contributed by atoms with Crippen molar-refractivity contribution in [2.75, 3.05) is 32.9 Å². The van der Waals surface area contributed by atoms with Gasteiger partial charge in [-0.05, 0) is 94.8 Å². The van der Waals surface area contributed by atoms with E-state index in [4.69, 9.17) is 18.9 Å². The predicted molar refractivity (Wildman–Crippen MR) is 183 cm³/mol. The van der Waals surface area contributed by atoms with Crippen LogP contribution in [0.15, 0.2) is 77.2 Å². The second kappa shape index (κ2) is 19.8. The van der Waals surface area contributed by atoms with Gasteiger partial charge in [-0.25, -0.2) is 4.79 Å². The van der Waals surface area contributed by atoms with E-state index in [9.17, 15) is 14.4 Å². The Morgan fingerprint density at radius 2 is 1.44 bits per heavy atom. The Morgan fingerprint density at radius 3 is 2.06 bits per heavy atom. The third-order valence-corrected chi connectivity index (χ3v) is 7.18. The van der Waals surface area contributed by atoms with Crippen molar-refractivity contribution < 1.29 is 33.3 Å². The molecule has 11 heteroatoms. The van der Waals surface area contributed by atoms with E-state index in [1.54, 1.807) is 68.4 Å². The van der Waals surface area contributed by atoms with Crippen molar-refractivity contribution in [2.45, 2.75) is 78.9 Å². The Hall–Kier alpha value is -4.80. The number of esters is 1. The second-order valence-corrected chi connectivity index (χ2v) is 11.6. The van der Waals surface area contributed by atoms with Crippen LogP contribution in [0.2, 0.25) is 0 Å². The molecule has 2 amide bonds. The summed E-state index contributed by atoms with van der Waals surface area (Å²) in [5, 5.41) is 7.75. The minimum Gasteiger partial charge on any atom is -0.494 e. The van der Waals surface area contributed by atoms with Crippen molar-refractivity contribution >= 4 is 17.8 Å². The van der Waals surface area contributed by atoms with Crippen molar-refractivity contribution in [3.8, 4) is 17.2 Å². The number of ether oxygens (including phenoxy) is 4. The summed E-state index contributed by atoms with van der Waals surface area (Å²) in [6.07, 6.45) is 7.29. The fourth-order valence-electron chi connectivity index (χ4n) is 4.69. The summed E-state index contributed by atoms with van der Waals surface area (Å²) in [6.45, 7) is 11.9. The molecule has 3 rings (SSSR count). The van der Waals surface area contributed by atoms with Crippen molar-refractivity contribution in [1.82, 2.24) is 9.88 Å². The zero-order valence-corrected chi connectivity index (χ0v) is 28.8. The average molecular weight is 661 g/mol. The van der Waals surface area contributed by atoms with E-state index in [0.717, 1.165) is 43.4 Å². The minimum atomic E-state index is -1.29. The fourth-order valence-corrected chi connectivity index (χ4v) is 4.69. The monoisotopic (exact) mass is 660 g/mol. The third kappa shape index (κ3) is 12.1.